The number of carbonyl (C=O) groups is 2. The summed E-state index contributed by atoms with van der Waals surface area (Å²) >= 11 is 0. The van der Waals surface area contributed by atoms with Crippen LogP contribution in [0.3, 0.4) is 0 Å². The second kappa shape index (κ2) is 8.82. The summed E-state index contributed by atoms with van der Waals surface area (Å²) in [7, 11) is 0. The molecule has 128 valence electrons. The Morgan fingerprint density at radius 1 is 1.27 bits per heavy atom. The Morgan fingerprint density at radius 2 is 2.00 bits per heavy atom. The summed E-state index contributed by atoms with van der Waals surface area (Å²) in [6.45, 7) is 0.588. The molecule has 1 atom stereocenters. The van der Waals surface area contributed by atoms with Crippen LogP contribution >= 0.6 is 0 Å². The van der Waals surface area contributed by atoms with E-state index in [0.29, 0.717) is 25.9 Å². The van der Waals surface area contributed by atoms with Gasteiger partial charge in [-0.2, -0.15) is 13.2 Å². The SMILES string of the molecule is O=C(NCCCN1CCCCCC1=O)NCC(O)C(F)(F)F. The lowest BCUT2D eigenvalue weighted by atomic mass is 10.2. The zero-order valence-electron chi connectivity index (χ0n) is 12.3. The first kappa shape index (κ1) is 18.5. The summed E-state index contributed by atoms with van der Waals surface area (Å²) < 4.78 is 36.1. The van der Waals surface area contributed by atoms with Crippen molar-refractivity contribution < 1.29 is 27.9 Å². The molecular weight excluding hydrogens is 303 g/mol. The van der Waals surface area contributed by atoms with Crippen LogP contribution in [0.25, 0.3) is 0 Å². The van der Waals surface area contributed by atoms with Gasteiger partial charge in [0.25, 0.3) is 0 Å². The highest BCUT2D eigenvalue weighted by Crippen LogP contribution is 2.19. The van der Waals surface area contributed by atoms with Gasteiger partial charge in [0, 0.05) is 26.1 Å². The van der Waals surface area contributed by atoms with Crippen LogP contribution in [0.5, 0.6) is 0 Å². The molecule has 22 heavy (non-hydrogen) atoms. The first-order valence-electron chi connectivity index (χ1n) is 7.35. The Morgan fingerprint density at radius 3 is 2.68 bits per heavy atom. The summed E-state index contributed by atoms with van der Waals surface area (Å²) in [6, 6.07) is -0.773. The maximum Gasteiger partial charge on any atom is 0.416 e. The molecule has 1 aliphatic rings. The van der Waals surface area contributed by atoms with E-state index in [9.17, 15) is 22.8 Å². The average Bonchev–Trinajstić information content (AvgIpc) is 2.64. The molecule has 0 radical (unpaired) electrons. The third kappa shape index (κ3) is 6.97. The zero-order valence-corrected chi connectivity index (χ0v) is 12.3. The molecule has 9 heteroatoms. The normalized spacial score (nSPS) is 17.8. The predicted molar refractivity (Wildman–Crippen MR) is 73.1 cm³/mol. The van der Waals surface area contributed by atoms with E-state index >= 15 is 0 Å². The third-order valence-corrected chi connectivity index (χ3v) is 3.40. The molecule has 0 spiro atoms. The van der Waals surface area contributed by atoms with E-state index in [1.807, 2.05) is 5.32 Å². The van der Waals surface area contributed by atoms with Crippen LogP contribution in [0.2, 0.25) is 0 Å². The van der Waals surface area contributed by atoms with Crippen molar-refractivity contribution >= 4 is 11.9 Å². The molecule has 1 rings (SSSR count). The van der Waals surface area contributed by atoms with Crippen LogP contribution in [0.1, 0.15) is 32.1 Å². The Bertz CT molecular complexity index is 377. The number of carbonyl (C=O) groups excluding carboxylic acids is 2. The van der Waals surface area contributed by atoms with Crippen molar-refractivity contribution in [3.63, 3.8) is 0 Å². The summed E-state index contributed by atoms with van der Waals surface area (Å²) in [5.74, 6) is 0.107. The average molecular weight is 325 g/mol. The van der Waals surface area contributed by atoms with Gasteiger partial charge < -0.3 is 20.6 Å². The summed E-state index contributed by atoms with van der Waals surface area (Å²) in [6.07, 6.45) is -3.35. The molecular formula is C13H22F3N3O3. The van der Waals surface area contributed by atoms with Gasteiger partial charge in [-0.05, 0) is 19.3 Å². The van der Waals surface area contributed by atoms with Crippen molar-refractivity contribution in [2.24, 2.45) is 0 Å². The van der Waals surface area contributed by atoms with E-state index in [1.165, 1.54) is 0 Å². The Balaban J connectivity index is 2.13. The van der Waals surface area contributed by atoms with Gasteiger partial charge in [0.05, 0.1) is 6.54 Å². The van der Waals surface area contributed by atoms with Crippen LogP contribution in [0.15, 0.2) is 0 Å². The van der Waals surface area contributed by atoms with E-state index in [1.54, 1.807) is 4.90 Å². The van der Waals surface area contributed by atoms with E-state index in [4.69, 9.17) is 5.11 Å². The molecule has 0 aromatic heterocycles. The Hall–Kier alpha value is -1.51. The van der Waals surface area contributed by atoms with Gasteiger partial charge in [0.15, 0.2) is 6.10 Å². The number of aliphatic hydroxyl groups excluding tert-OH is 1. The van der Waals surface area contributed by atoms with Crippen molar-refractivity contribution in [1.29, 1.82) is 0 Å². The topological polar surface area (TPSA) is 81.7 Å². The minimum absolute atomic E-state index is 0.107. The lowest BCUT2D eigenvalue weighted by Crippen LogP contribution is -2.45. The first-order chi connectivity index (χ1) is 10.3. The smallest absolute Gasteiger partial charge is 0.382 e. The van der Waals surface area contributed by atoms with E-state index < -0.39 is 24.9 Å². The van der Waals surface area contributed by atoms with Crippen LogP contribution in [-0.2, 0) is 4.79 Å². The monoisotopic (exact) mass is 325 g/mol. The van der Waals surface area contributed by atoms with Gasteiger partial charge in [-0.15, -0.1) is 0 Å². The molecule has 1 aliphatic heterocycles. The minimum Gasteiger partial charge on any atom is -0.382 e. The highest BCUT2D eigenvalue weighted by Gasteiger charge is 2.38. The van der Waals surface area contributed by atoms with Crippen molar-refractivity contribution in [2.75, 3.05) is 26.2 Å². The van der Waals surface area contributed by atoms with Crippen molar-refractivity contribution in [2.45, 2.75) is 44.4 Å². The minimum atomic E-state index is -4.75. The van der Waals surface area contributed by atoms with Crippen LogP contribution < -0.4 is 10.6 Å². The standard InChI is InChI=1S/C13H22F3N3O3/c14-13(15,16)10(20)9-18-12(22)17-6-4-8-19-7-3-1-2-5-11(19)21/h10,20H,1-9H2,(H2,17,18,22). The van der Waals surface area contributed by atoms with Gasteiger partial charge >= 0.3 is 12.2 Å². The maximum absolute atomic E-state index is 12.0. The van der Waals surface area contributed by atoms with Crippen molar-refractivity contribution in [1.82, 2.24) is 15.5 Å². The number of urea groups is 1. The molecule has 6 nitrogen and oxygen atoms in total. The van der Waals surface area contributed by atoms with Crippen molar-refractivity contribution in [3.05, 3.63) is 0 Å². The third-order valence-electron chi connectivity index (χ3n) is 3.40. The molecule has 0 aromatic carbocycles. The number of nitrogens with one attached hydrogen (secondary N) is 2. The van der Waals surface area contributed by atoms with E-state index in [0.717, 1.165) is 19.3 Å². The molecule has 0 bridgehead atoms. The number of likely N-dealkylation sites (tertiary alicyclic amines) is 1. The first-order valence-corrected chi connectivity index (χ1v) is 7.35. The number of hydrogen-bond acceptors (Lipinski definition) is 3. The van der Waals surface area contributed by atoms with Gasteiger partial charge in [-0.3, -0.25) is 4.79 Å². The lowest BCUT2D eigenvalue weighted by molar-refractivity contribution is -0.201. The fourth-order valence-electron chi connectivity index (χ4n) is 2.11. The Kier molecular flexibility index (Phi) is 7.43. The number of rotatable bonds is 6. The Labute approximate surface area is 127 Å². The quantitative estimate of drug-likeness (QED) is 0.637. The maximum atomic E-state index is 12.0. The molecule has 3 amide bonds. The molecule has 1 fully saturated rings. The fraction of sp³-hybridized carbons (Fsp3) is 0.846. The van der Waals surface area contributed by atoms with Gasteiger partial charge in [0.2, 0.25) is 5.91 Å². The highest BCUT2D eigenvalue weighted by atomic mass is 19.4. The fourth-order valence-corrected chi connectivity index (χ4v) is 2.11. The molecule has 0 aromatic rings. The largest absolute Gasteiger partial charge is 0.416 e. The molecule has 1 saturated heterocycles. The number of aliphatic hydroxyl groups is 1. The van der Waals surface area contributed by atoms with Crippen LogP contribution in [0, 0.1) is 0 Å². The van der Waals surface area contributed by atoms with E-state index in [2.05, 4.69) is 5.32 Å². The van der Waals surface area contributed by atoms with Crippen molar-refractivity contribution in [3.8, 4) is 0 Å². The van der Waals surface area contributed by atoms with Gasteiger partial charge in [-0.1, -0.05) is 6.42 Å². The van der Waals surface area contributed by atoms with Crippen LogP contribution in [-0.4, -0.2) is 60.4 Å². The second-order valence-corrected chi connectivity index (χ2v) is 5.24. The molecule has 1 heterocycles. The highest BCUT2D eigenvalue weighted by molar-refractivity contribution is 5.76. The van der Waals surface area contributed by atoms with Gasteiger partial charge in [0.1, 0.15) is 0 Å². The molecule has 0 saturated carbocycles. The summed E-state index contributed by atoms with van der Waals surface area (Å²) in [4.78, 5) is 24.7. The zero-order chi connectivity index (χ0) is 16.6. The van der Waals surface area contributed by atoms with E-state index in [-0.39, 0.29) is 12.5 Å². The second-order valence-electron chi connectivity index (χ2n) is 5.24. The molecule has 1 unspecified atom stereocenters. The summed E-state index contributed by atoms with van der Waals surface area (Å²) in [5.41, 5.74) is 0. The lowest BCUT2D eigenvalue weighted by Gasteiger charge is -2.20. The number of halogens is 3. The molecule has 3 N–H and O–H groups in total. The number of amides is 3. The predicted octanol–water partition coefficient (Wildman–Crippen LogP) is 1.00. The summed E-state index contributed by atoms with van der Waals surface area (Å²) in [5, 5.41) is 13.1. The number of nitrogens with zero attached hydrogens (tertiary/aromatic N) is 1. The number of alkyl halides is 3. The van der Waals surface area contributed by atoms with Crippen LogP contribution in [0.4, 0.5) is 18.0 Å². The van der Waals surface area contributed by atoms with Gasteiger partial charge in [-0.25, -0.2) is 4.79 Å². The molecule has 0 aliphatic carbocycles. The number of hydrogen-bond donors (Lipinski definition) is 3.